The first-order valence-electron chi connectivity index (χ1n) is 12.1. The van der Waals surface area contributed by atoms with E-state index in [1.807, 2.05) is 59.6 Å². The molecule has 14 heteroatoms. The Morgan fingerprint density at radius 1 is 1.26 bits per heavy atom. The molecule has 4 aromatic rings. The molecule has 0 bridgehead atoms. The predicted octanol–water partition coefficient (Wildman–Crippen LogP) is 3.79. The number of fused-ring (bicyclic) bond motifs is 1. The molecule has 11 nitrogen and oxygen atoms in total. The first-order chi connectivity index (χ1) is 18.7. The number of anilines is 1. The van der Waals surface area contributed by atoms with Gasteiger partial charge in [-0.2, -0.15) is 23.5 Å². The van der Waals surface area contributed by atoms with Gasteiger partial charge >= 0.3 is 12.1 Å². The van der Waals surface area contributed by atoms with Crippen LogP contribution in [0.15, 0.2) is 43.0 Å². The number of halogens is 3. The number of aromatic nitrogens is 6. The number of carboxylic acid groups (broad SMARTS) is 1. The van der Waals surface area contributed by atoms with Crippen molar-refractivity contribution in [3.8, 4) is 28.7 Å². The highest BCUT2D eigenvalue weighted by Gasteiger charge is 2.38. The van der Waals surface area contributed by atoms with E-state index in [0.717, 1.165) is 59.6 Å². The Balaban J connectivity index is 0.000000448. The average molecular weight is 542 g/mol. The van der Waals surface area contributed by atoms with Crippen molar-refractivity contribution in [2.24, 2.45) is 0 Å². The molecule has 3 N–H and O–H groups in total. The van der Waals surface area contributed by atoms with Gasteiger partial charge in [0.25, 0.3) is 0 Å². The first-order valence-corrected chi connectivity index (χ1v) is 12.1. The molecule has 1 fully saturated rings. The highest BCUT2D eigenvalue weighted by molar-refractivity contribution is 5.92. The van der Waals surface area contributed by atoms with Crippen molar-refractivity contribution in [2.45, 2.75) is 31.5 Å². The summed E-state index contributed by atoms with van der Waals surface area (Å²) in [7, 11) is 1.94. The molecule has 0 saturated carbocycles. The molecule has 0 aromatic carbocycles. The Hall–Kier alpha value is -4.51. The lowest BCUT2D eigenvalue weighted by Crippen LogP contribution is -2.29. The molecule has 0 amide bonds. The van der Waals surface area contributed by atoms with Gasteiger partial charge in [0.15, 0.2) is 5.82 Å². The molecule has 0 radical (unpaired) electrons. The van der Waals surface area contributed by atoms with Gasteiger partial charge in [0.2, 0.25) is 0 Å². The second-order valence-corrected chi connectivity index (χ2v) is 8.86. The van der Waals surface area contributed by atoms with Gasteiger partial charge in [-0.05, 0) is 38.1 Å². The van der Waals surface area contributed by atoms with Crippen LogP contribution in [0.3, 0.4) is 0 Å². The Labute approximate surface area is 221 Å². The van der Waals surface area contributed by atoms with Gasteiger partial charge in [-0.25, -0.2) is 19.7 Å². The minimum atomic E-state index is -5.08. The quantitative estimate of drug-likeness (QED) is 0.331. The third-order valence-electron chi connectivity index (χ3n) is 6.18. The van der Waals surface area contributed by atoms with Crippen LogP contribution in [-0.4, -0.2) is 73.7 Å². The number of pyridine rings is 1. The van der Waals surface area contributed by atoms with E-state index in [1.165, 1.54) is 0 Å². The summed E-state index contributed by atoms with van der Waals surface area (Å²) in [5, 5.41) is 24.8. The zero-order valence-corrected chi connectivity index (χ0v) is 21.0. The van der Waals surface area contributed by atoms with Crippen molar-refractivity contribution >= 4 is 22.8 Å². The van der Waals surface area contributed by atoms with Crippen LogP contribution < -0.4 is 10.2 Å². The number of rotatable bonds is 6. The highest BCUT2D eigenvalue weighted by Crippen LogP contribution is 2.29. The van der Waals surface area contributed by atoms with Gasteiger partial charge in [-0.15, -0.1) is 0 Å². The van der Waals surface area contributed by atoms with Crippen LogP contribution in [0.5, 0.6) is 0 Å². The van der Waals surface area contributed by atoms with E-state index in [4.69, 9.17) is 25.1 Å². The monoisotopic (exact) mass is 541 g/mol. The van der Waals surface area contributed by atoms with Crippen LogP contribution in [0.2, 0.25) is 0 Å². The number of H-pyrrole nitrogens is 1. The SMILES string of the molecule is CN(CCC#N)c1cccc(-c2c[nH]c3nc(-c4cnn(C5CCNCC5)c4)ncc23)n1.O=C(O)C(F)(F)F. The van der Waals surface area contributed by atoms with Crippen LogP contribution in [-0.2, 0) is 4.79 Å². The maximum absolute atomic E-state index is 10.6. The summed E-state index contributed by atoms with van der Waals surface area (Å²) < 4.78 is 33.8. The zero-order chi connectivity index (χ0) is 28.0. The molecule has 5 heterocycles. The summed E-state index contributed by atoms with van der Waals surface area (Å²) in [5.41, 5.74) is 3.48. The molecule has 0 unspecified atom stereocenters. The largest absolute Gasteiger partial charge is 0.490 e. The Morgan fingerprint density at radius 3 is 2.69 bits per heavy atom. The van der Waals surface area contributed by atoms with E-state index in [0.29, 0.717) is 24.8 Å². The first kappa shape index (κ1) is 27.5. The fourth-order valence-electron chi connectivity index (χ4n) is 4.10. The summed E-state index contributed by atoms with van der Waals surface area (Å²) in [5.74, 6) is -1.27. The van der Waals surface area contributed by atoms with E-state index < -0.39 is 12.1 Å². The molecule has 1 aliphatic heterocycles. The van der Waals surface area contributed by atoms with Gasteiger partial charge in [0, 0.05) is 43.1 Å². The van der Waals surface area contributed by atoms with Crippen molar-refractivity contribution in [1.82, 2.24) is 35.0 Å². The second kappa shape index (κ2) is 11.9. The number of carboxylic acids is 1. The number of hydrogen-bond acceptors (Lipinski definition) is 8. The van der Waals surface area contributed by atoms with Crippen molar-refractivity contribution in [1.29, 1.82) is 5.26 Å². The molecule has 204 valence electrons. The zero-order valence-electron chi connectivity index (χ0n) is 21.0. The molecule has 4 aromatic heterocycles. The Morgan fingerprint density at radius 2 is 2.00 bits per heavy atom. The van der Waals surface area contributed by atoms with Crippen LogP contribution in [0.1, 0.15) is 25.3 Å². The molecular weight excluding hydrogens is 515 g/mol. The Kier molecular flexibility index (Phi) is 8.40. The van der Waals surface area contributed by atoms with E-state index >= 15 is 0 Å². The van der Waals surface area contributed by atoms with Crippen molar-refractivity contribution in [3.63, 3.8) is 0 Å². The van der Waals surface area contributed by atoms with E-state index in [1.54, 1.807) is 0 Å². The number of hydrogen-bond donors (Lipinski definition) is 3. The van der Waals surface area contributed by atoms with Crippen LogP contribution in [0, 0.1) is 11.3 Å². The van der Waals surface area contributed by atoms with Gasteiger partial charge in [-0.1, -0.05) is 6.07 Å². The molecular formula is C25H26F3N9O2. The second-order valence-electron chi connectivity index (χ2n) is 8.86. The minimum absolute atomic E-state index is 0.426. The maximum atomic E-state index is 10.6. The number of aromatic amines is 1. The smallest absolute Gasteiger partial charge is 0.475 e. The van der Waals surface area contributed by atoms with Crippen molar-refractivity contribution < 1.29 is 23.1 Å². The highest BCUT2D eigenvalue weighted by atomic mass is 19.4. The van der Waals surface area contributed by atoms with Gasteiger partial charge < -0.3 is 20.3 Å². The number of nitriles is 1. The minimum Gasteiger partial charge on any atom is -0.475 e. The summed E-state index contributed by atoms with van der Waals surface area (Å²) >= 11 is 0. The van der Waals surface area contributed by atoms with E-state index in [9.17, 15) is 13.2 Å². The predicted molar refractivity (Wildman–Crippen MR) is 137 cm³/mol. The number of nitrogens with zero attached hydrogens (tertiary/aromatic N) is 7. The van der Waals surface area contributed by atoms with Crippen molar-refractivity contribution in [2.75, 3.05) is 31.6 Å². The van der Waals surface area contributed by atoms with Crippen LogP contribution >= 0.6 is 0 Å². The average Bonchev–Trinajstić information content (AvgIpc) is 3.59. The normalized spacial score (nSPS) is 13.9. The molecule has 39 heavy (non-hydrogen) atoms. The summed E-state index contributed by atoms with van der Waals surface area (Å²) in [4.78, 5) is 28.3. The standard InChI is InChI=1S/C23H25N9.C2HF3O2/c1-31(11-3-8-24)21-5-2-4-20(29-21)18-13-27-23-19(18)14-26-22(30-23)16-12-28-32(15-16)17-6-9-25-10-7-17;3-2(4,5)1(6)7/h2,4-5,12-15,17,25H,3,6-7,9-11H2,1H3,(H,26,27,30);(H,6,7). The summed E-state index contributed by atoms with van der Waals surface area (Å²) in [6, 6.07) is 8.50. The lowest BCUT2D eigenvalue weighted by Gasteiger charge is -2.22. The number of alkyl halides is 3. The molecule has 1 saturated heterocycles. The number of carbonyl (C=O) groups is 1. The van der Waals surface area contributed by atoms with Gasteiger partial charge in [-0.3, -0.25) is 4.68 Å². The molecule has 0 spiro atoms. The molecule has 1 aliphatic rings. The molecule has 0 aliphatic carbocycles. The number of piperidine rings is 1. The Bertz CT molecular complexity index is 1470. The number of aliphatic carboxylic acids is 1. The number of nitrogens with one attached hydrogen (secondary N) is 2. The van der Waals surface area contributed by atoms with E-state index in [2.05, 4.69) is 26.5 Å². The fraction of sp³-hybridized carbons (Fsp3) is 0.360. The third kappa shape index (κ3) is 6.68. The fourth-order valence-corrected chi connectivity index (χ4v) is 4.10. The summed E-state index contributed by atoms with van der Waals surface area (Å²) in [6.45, 7) is 2.69. The lowest BCUT2D eigenvalue weighted by molar-refractivity contribution is -0.192. The van der Waals surface area contributed by atoms with Gasteiger partial charge in [0.1, 0.15) is 11.5 Å². The molecule has 5 rings (SSSR count). The lowest BCUT2D eigenvalue weighted by atomic mass is 10.1. The van der Waals surface area contributed by atoms with Gasteiger partial charge in [0.05, 0.1) is 36.0 Å². The summed E-state index contributed by atoms with van der Waals surface area (Å²) in [6.07, 6.45) is 5.19. The van der Waals surface area contributed by atoms with Crippen molar-refractivity contribution in [3.05, 3.63) is 43.0 Å². The van der Waals surface area contributed by atoms with Crippen LogP contribution in [0.4, 0.5) is 19.0 Å². The third-order valence-corrected chi connectivity index (χ3v) is 6.18. The van der Waals surface area contributed by atoms with Crippen LogP contribution in [0.25, 0.3) is 33.7 Å². The molecule has 0 atom stereocenters. The maximum Gasteiger partial charge on any atom is 0.490 e. The topological polar surface area (TPSA) is 149 Å². The van der Waals surface area contributed by atoms with E-state index in [-0.39, 0.29) is 0 Å².